The van der Waals surface area contributed by atoms with Gasteiger partial charge < -0.3 is 24.0 Å². The van der Waals surface area contributed by atoms with Gasteiger partial charge in [-0.3, -0.25) is 0 Å². The standard InChI is InChI=1S/C18H26N2O4/c21-18(16-4-2-1-3-5-16)24-17(14-19-6-10-22-11-7-19)15-20-8-12-23-13-9-20/h1-5,17H,6-15H2/p+2. The fraction of sp³-hybridized carbons (Fsp3) is 0.611. The van der Waals surface area contributed by atoms with E-state index < -0.39 is 0 Å². The minimum absolute atomic E-state index is 0.0705. The molecular weight excluding hydrogens is 308 g/mol. The van der Waals surface area contributed by atoms with E-state index in [1.807, 2.05) is 30.3 Å². The molecule has 0 unspecified atom stereocenters. The summed E-state index contributed by atoms with van der Waals surface area (Å²) in [6.07, 6.45) is -0.0705. The third kappa shape index (κ3) is 5.27. The second-order valence-corrected chi connectivity index (χ2v) is 6.53. The highest BCUT2D eigenvalue weighted by atomic mass is 16.5. The molecule has 0 atom stereocenters. The molecule has 2 aliphatic heterocycles. The minimum atomic E-state index is -0.221. The third-order valence-corrected chi connectivity index (χ3v) is 4.72. The molecule has 2 aliphatic rings. The summed E-state index contributed by atoms with van der Waals surface area (Å²) in [6.45, 7) is 8.81. The van der Waals surface area contributed by atoms with Crippen LogP contribution in [0.5, 0.6) is 0 Å². The largest absolute Gasteiger partial charge is 0.447 e. The van der Waals surface area contributed by atoms with Gasteiger partial charge in [-0.25, -0.2) is 4.79 Å². The number of benzene rings is 1. The number of hydrogen-bond donors (Lipinski definition) is 2. The highest BCUT2D eigenvalue weighted by molar-refractivity contribution is 5.89. The van der Waals surface area contributed by atoms with Gasteiger partial charge in [-0.15, -0.1) is 0 Å². The van der Waals surface area contributed by atoms with Crippen molar-refractivity contribution in [3.8, 4) is 0 Å². The van der Waals surface area contributed by atoms with Crippen LogP contribution in [0, 0.1) is 0 Å². The lowest BCUT2D eigenvalue weighted by Crippen LogP contribution is -3.18. The number of morpholine rings is 2. The second kappa shape index (κ2) is 9.13. The fourth-order valence-corrected chi connectivity index (χ4v) is 3.32. The van der Waals surface area contributed by atoms with Crippen molar-refractivity contribution in [2.45, 2.75) is 6.10 Å². The Labute approximate surface area is 143 Å². The number of hydrogen-bond acceptors (Lipinski definition) is 4. The van der Waals surface area contributed by atoms with Crippen molar-refractivity contribution in [2.24, 2.45) is 0 Å². The molecule has 0 aromatic heterocycles. The molecule has 0 aliphatic carbocycles. The van der Waals surface area contributed by atoms with Gasteiger partial charge in [-0.05, 0) is 12.1 Å². The topological polar surface area (TPSA) is 53.6 Å². The number of esters is 1. The predicted molar refractivity (Wildman–Crippen MR) is 88.4 cm³/mol. The Morgan fingerprint density at radius 2 is 1.42 bits per heavy atom. The van der Waals surface area contributed by atoms with Gasteiger partial charge in [0, 0.05) is 0 Å². The molecule has 2 fully saturated rings. The zero-order valence-electron chi connectivity index (χ0n) is 14.2. The number of carbonyl (C=O) groups excluding carboxylic acids is 1. The Morgan fingerprint density at radius 3 is 1.92 bits per heavy atom. The summed E-state index contributed by atoms with van der Waals surface area (Å²) in [5, 5.41) is 0. The van der Waals surface area contributed by atoms with Crippen LogP contribution in [0.1, 0.15) is 10.4 Å². The van der Waals surface area contributed by atoms with Crippen LogP contribution in [-0.4, -0.2) is 77.8 Å². The molecular formula is C18H28N2O4+2. The van der Waals surface area contributed by atoms with Crippen molar-refractivity contribution in [1.29, 1.82) is 0 Å². The van der Waals surface area contributed by atoms with Gasteiger partial charge in [0.2, 0.25) is 0 Å². The number of rotatable bonds is 6. The molecule has 0 bridgehead atoms. The van der Waals surface area contributed by atoms with Crippen molar-refractivity contribution in [1.82, 2.24) is 0 Å². The third-order valence-electron chi connectivity index (χ3n) is 4.72. The Balaban J connectivity index is 1.60. The summed E-state index contributed by atoms with van der Waals surface area (Å²) < 4.78 is 16.7. The molecule has 6 nitrogen and oxygen atoms in total. The van der Waals surface area contributed by atoms with Crippen LogP contribution in [0.2, 0.25) is 0 Å². The van der Waals surface area contributed by atoms with E-state index in [2.05, 4.69) is 0 Å². The van der Waals surface area contributed by atoms with Crippen LogP contribution in [0.25, 0.3) is 0 Å². The van der Waals surface area contributed by atoms with Gasteiger partial charge in [0.05, 0.1) is 32.0 Å². The molecule has 0 amide bonds. The van der Waals surface area contributed by atoms with Crippen molar-refractivity contribution in [3.05, 3.63) is 35.9 Å². The number of ether oxygens (including phenoxy) is 3. The van der Waals surface area contributed by atoms with Crippen LogP contribution in [0.15, 0.2) is 30.3 Å². The molecule has 2 N–H and O–H groups in total. The predicted octanol–water partition coefficient (Wildman–Crippen LogP) is -1.96. The van der Waals surface area contributed by atoms with Crippen LogP contribution >= 0.6 is 0 Å². The van der Waals surface area contributed by atoms with E-state index in [0.717, 1.165) is 65.7 Å². The molecule has 3 rings (SSSR count). The first kappa shape index (κ1) is 17.4. The monoisotopic (exact) mass is 336 g/mol. The molecule has 1 aromatic carbocycles. The van der Waals surface area contributed by atoms with Crippen LogP contribution in [-0.2, 0) is 14.2 Å². The van der Waals surface area contributed by atoms with Gasteiger partial charge >= 0.3 is 5.97 Å². The Morgan fingerprint density at radius 1 is 0.917 bits per heavy atom. The number of carbonyl (C=O) groups is 1. The van der Waals surface area contributed by atoms with E-state index in [1.165, 1.54) is 9.80 Å². The highest BCUT2D eigenvalue weighted by Crippen LogP contribution is 2.03. The normalized spacial score (nSPS) is 20.2. The molecule has 132 valence electrons. The summed E-state index contributed by atoms with van der Waals surface area (Å²) >= 11 is 0. The first-order valence-electron chi connectivity index (χ1n) is 8.90. The molecule has 24 heavy (non-hydrogen) atoms. The van der Waals surface area contributed by atoms with Crippen molar-refractivity contribution in [2.75, 3.05) is 65.7 Å². The first-order valence-corrected chi connectivity index (χ1v) is 8.90. The SMILES string of the molecule is O=C(OC(C[NH+]1CCOCC1)C[NH+]1CCOCC1)c1ccccc1. The molecule has 6 heteroatoms. The highest BCUT2D eigenvalue weighted by Gasteiger charge is 2.28. The van der Waals surface area contributed by atoms with E-state index in [9.17, 15) is 4.79 Å². The maximum absolute atomic E-state index is 12.4. The van der Waals surface area contributed by atoms with E-state index in [4.69, 9.17) is 14.2 Å². The van der Waals surface area contributed by atoms with E-state index >= 15 is 0 Å². The van der Waals surface area contributed by atoms with Crippen molar-refractivity contribution in [3.63, 3.8) is 0 Å². The molecule has 2 heterocycles. The lowest BCUT2D eigenvalue weighted by molar-refractivity contribution is -0.931. The molecule has 0 saturated carbocycles. The van der Waals surface area contributed by atoms with Gasteiger partial charge in [0.1, 0.15) is 39.3 Å². The van der Waals surface area contributed by atoms with E-state index in [1.54, 1.807) is 0 Å². The summed E-state index contributed by atoms with van der Waals surface area (Å²) in [7, 11) is 0. The lowest BCUT2D eigenvalue weighted by Gasteiger charge is -2.30. The second-order valence-electron chi connectivity index (χ2n) is 6.53. The Bertz CT molecular complexity index is 479. The van der Waals surface area contributed by atoms with Crippen molar-refractivity contribution >= 4 is 5.97 Å². The molecule has 0 spiro atoms. The summed E-state index contributed by atoms with van der Waals surface area (Å²) in [4.78, 5) is 15.4. The maximum Gasteiger partial charge on any atom is 0.338 e. The minimum Gasteiger partial charge on any atom is -0.447 e. The number of quaternary nitrogens is 2. The summed E-state index contributed by atoms with van der Waals surface area (Å²) in [6, 6.07) is 9.26. The average molecular weight is 336 g/mol. The molecule has 2 saturated heterocycles. The van der Waals surface area contributed by atoms with E-state index in [0.29, 0.717) is 5.56 Å². The summed E-state index contributed by atoms with van der Waals surface area (Å²) in [5.74, 6) is -0.221. The molecule has 0 radical (unpaired) electrons. The van der Waals surface area contributed by atoms with Crippen LogP contribution < -0.4 is 9.80 Å². The van der Waals surface area contributed by atoms with Crippen LogP contribution in [0.4, 0.5) is 0 Å². The maximum atomic E-state index is 12.4. The van der Waals surface area contributed by atoms with Gasteiger partial charge in [-0.1, -0.05) is 18.2 Å². The fourth-order valence-electron chi connectivity index (χ4n) is 3.32. The van der Waals surface area contributed by atoms with Gasteiger partial charge in [-0.2, -0.15) is 0 Å². The summed E-state index contributed by atoms with van der Waals surface area (Å²) in [5.41, 5.74) is 0.622. The zero-order chi connectivity index (χ0) is 16.6. The molecule has 1 aromatic rings. The number of nitrogens with one attached hydrogen (secondary N) is 2. The van der Waals surface area contributed by atoms with Gasteiger partial charge in [0.15, 0.2) is 6.10 Å². The lowest BCUT2D eigenvalue weighted by atomic mass is 10.2. The van der Waals surface area contributed by atoms with Crippen molar-refractivity contribution < 1.29 is 28.8 Å². The van der Waals surface area contributed by atoms with E-state index in [-0.39, 0.29) is 12.1 Å². The van der Waals surface area contributed by atoms with Gasteiger partial charge in [0.25, 0.3) is 0 Å². The zero-order valence-corrected chi connectivity index (χ0v) is 14.2. The Kier molecular flexibility index (Phi) is 6.60. The Hall–Kier alpha value is -1.47. The average Bonchev–Trinajstić information content (AvgIpc) is 2.64. The first-order chi connectivity index (χ1) is 11.8. The smallest absolute Gasteiger partial charge is 0.338 e. The quantitative estimate of drug-likeness (QED) is 0.593. The van der Waals surface area contributed by atoms with Crippen LogP contribution in [0.3, 0.4) is 0 Å².